The van der Waals surface area contributed by atoms with Gasteiger partial charge in [0.25, 0.3) is 10.0 Å². The number of hydrogen-bond acceptors (Lipinski definition) is 6. The van der Waals surface area contributed by atoms with Gasteiger partial charge >= 0.3 is 0 Å². The normalized spacial score (nSPS) is 11.5. The Morgan fingerprint density at radius 3 is 2.48 bits per heavy atom. The lowest BCUT2D eigenvalue weighted by molar-refractivity contribution is 0.601. The Labute approximate surface area is 128 Å². The largest absolute Gasteiger partial charge is 0.313 e. The maximum Gasteiger partial charge on any atom is 0.263 e. The van der Waals surface area contributed by atoms with E-state index in [1.807, 2.05) is 12.1 Å². The minimum Gasteiger partial charge on any atom is -0.313 e. The van der Waals surface area contributed by atoms with Gasteiger partial charge in [0.1, 0.15) is 5.01 Å². The fourth-order valence-corrected chi connectivity index (χ4v) is 3.53. The number of aryl methyl sites for hydroxylation is 1. The molecule has 1 aromatic heterocycles. The molecule has 0 saturated heterocycles. The number of aromatic nitrogens is 2. The van der Waals surface area contributed by atoms with Crippen molar-refractivity contribution in [2.24, 2.45) is 0 Å². The summed E-state index contributed by atoms with van der Waals surface area (Å²) in [6.45, 7) is 5.55. The van der Waals surface area contributed by atoms with Crippen LogP contribution in [0.1, 0.15) is 23.9 Å². The van der Waals surface area contributed by atoms with Crippen LogP contribution in [-0.2, 0) is 16.6 Å². The van der Waals surface area contributed by atoms with Gasteiger partial charge in [-0.3, -0.25) is 4.72 Å². The quantitative estimate of drug-likeness (QED) is 0.762. The van der Waals surface area contributed by atoms with Crippen molar-refractivity contribution in [3.63, 3.8) is 0 Å². The standard InChI is InChI=1S/C13H18N4O2S2/c1-3-8-14-9-11-4-6-12(7-5-11)21(18,19)17-13-16-15-10(2)20-13/h4-7,14H,3,8-9H2,1-2H3,(H,16,17). The lowest BCUT2D eigenvalue weighted by atomic mass is 10.2. The van der Waals surface area contributed by atoms with Gasteiger partial charge in [-0.05, 0) is 37.6 Å². The first-order valence-corrected chi connectivity index (χ1v) is 8.94. The summed E-state index contributed by atoms with van der Waals surface area (Å²) in [7, 11) is -3.60. The van der Waals surface area contributed by atoms with Crippen LogP contribution in [0.5, 0.6) is 0 Å². The number of nitrogens with zero attached hydrogens (tertiary/aromatic N) is 2. The lowest BCUT2D eigenvalue weighted by Gasteiger charge is -2.07. The van der Waals surface area contributed by atoms with Gasteiger partial charge in [-0.15, -0.1) is 10.2 Å². The summed E-state index contributed by atoms with van der Waals surface area (Å²) in [6, 6.07) is 6.81. The molecule has 21 heavy (non-hydrogen) atoms. The molecule has 0 unspecified atom stereocenters. The average molecular weight is 326 g/mol. The number of sulfonamides is 1. The summed E-state index contributed by atoms with van der Waals surface area (Å²) in [5.41, 5.74) is 1.05. The monoisotopic (exact) mass is 326 g/mol. The second-order valence-corrected chi connectivity index (χ2v) is 7.42. The van der Waals surface area contributed by atoms with Crippen molar-refractivity contribution in [2.75, 3.05) is 11.3 Å². The summed E-state index contributed by atoms with van der Waals surface area (Å²) in [4.78, 5) is 0.217. The third-order valence-corrected chi connectivity index (χ3v) is 4.98. The third-order valence-electron chi connectivity index (χ3n) is 2.74. The Morgan fingerprint density at radius 2 is 1.90 bits per heavy atom. The van der Waals surface area contributed by atoms with Gasteiger partial charge < -0.3 is 5.32 Å². The fourth-order valence-electron chi connectivity index (χ4n) is 1.71. The Kier molecular flexibility index (Phi) is 5.27. The highest BCUT2D eigenvalue weighted by molar-refractivity contribution is 7.93. The number of anilines is 1. The predicted octanol–water partition coefficient (Wildman–Crippen LogP) is 2.15. The number of rotatable bonds is 7. The van der Waals surface area contributed by atoms with E-state index in [0.717, 1.165) is 25.1 Å². The zero-order valence-corrected chi connectivity index (χ0v) is 13.6. The van der Waals surface area contributed by atoms with Crippen molar-refractivity contribution in [1.82, 2.24) is 15.5 Å². The van der Waals surface area contributed by atoms with Crippen LogP contribution in [0.2, 0.25) is 0 Å². The number of hydrogen-bond donors (Lipinski definition) is 2. The molecule has 0 aliphatic heterocycles. The Morgan fingerprint density at radius 1 is 1.19 bits per heavy atom. The molecular formula is C13H18N4O2S2. The molecule has 0 atom stereocenters. The van der Waals surface area contributed by atoms with E-state index in [1.165, 1.54) is 11.3 Å². The molecule has 0 spiro atoms. The third kappa shape index (κ3) is 4.48. The first-order valence-electron chi connectivity index (χ1n) is 6.64. The van der Waals surface area contributed by atoms with Crippen molar-refractivity contribution in [3.05, 3.63) is 34.8 Å². The summed E-state index contributed by atoms with van der Waals surface area (Å²) in [5.74, 6) is 0. The average Bonchev–Trinajstić information content (AvgIpc) is 2.84. The first kappa shape index (κ1) is 15.9. The molecule has 0 aliphatic rings. The maximum absolute atomic E-state index is 12.2. The fraction of sp³-hybridized carbons (Fsp3) is 0.385. The minimum absolute atomic E-state index is 0.217. The molecule has 8 heteroatoms. The molecule has 6 nitrogen and oxygen atoms in total. The van der Waals surface area contributed by atoms with E-state index in [-0.39, 0.29) is 10.0 Å². The van der Waals surface area contributed by atoms with Crippen LogP contribution in [0.15, 0.2) is 29.2 Å². The van der Waals surface area contributed by atoms with Crippen molar-refractivity contribution in [1.29, 1.82) is 0 Å². The summed E-state index contributed by atoms with van der Waals surface area (Å²) in [6.07, 6.45) is 1.07. The van der Waals surface area contributed by atoms with Crippen LogP contribution in [0.4, 0.5) is 5.13 Å². The predicted molar refractivity (Wildman–Crippen MR) is 83.9 cm³/mol. The SMILES string of the molecule is CCCNCc1ccc(S(=O)(=O)Nc2nnc(C)s2)cc1. The molecule has 0 saturated carbocycles. The van der Waals surface area contributed by atoms with Gasteiger partial charge in [0.15, 0.2) is 0 Å². The molecule has 1 heterocycles. The summed E-state index contributed by atoms with van der Waals surface area (Å²) >= 11 is 1.20. The Balaban J connectivity index is 2.06. The molecule has 0 bridgehead atoms. The summed E-state index contributed by atoms with van der Waals surface area (Å²) in [5, 5.41) is 11.8. The van der Waals surface area contributed by atoms with Crippen LogP contribution < -0.4 is 10.0 Å². The molecule has 0 amide bonds. The summed E-state index contributed by atoms with van der Waals surface area (Å²) < 4.78 is 26.8. The smallest absolute Gasteiger partial charge is 0.263 e. The first-order chi connectivity index (χ1) is 10.0. The van der Waals surface area contributed by atoms with Gasteiger partial charge in [-0.2, -0.15) is 0 Å². The molecule has 2 aromatic rings. The number of nitrogens with one attached hydrogen (secondary N) is 2. The van der Waals surface area contributed by atoms with Crippen LogP contribution in [-0.4, -0.2) is 25.2 Å². The van der Waals surface area contributed by atoms with Crippen molar-refractivity contribution in [3.8, 4) is 0 Å². The molecule has 114 valence electrons. The van der Waals surface area contributed by atoms with E-state index < -0.39 is 10.0 Å². The highest BCUT2D eigenvalue weighted by atomic mass is 32.2. The minimum atomic E-state index is -3.60. The van der Waals surface area contributed by atoms with Crippen molar-refractivity contribution < 1.29 is 8.42 Å². The van der Waals surface area contributed by atoms with E-state index in [4.69, 9.17) is 0 Å². The molecule has 0 fully saturated rings. The van der Waals surface area contributed by atoms with E-state index >= 15 is 0 Å². The molecule has 0 aliphatic carbocycles. The Hall–Kier alpha value is -1.51. The molecule has 2 rings (SSSR count). The van der Waals surface area contributed by atoms with Crippen molar-refractivity contribution >= 4 is 26.5 Å². The van der Waals surface area contributed by atoms with Crippen LogP contribution in [0.25, 0.3) is 0 Å². The molecular weight excluding hydrogens is 308 g/mol. The van der Waals surface area contributed by atoms with Gasteiger partial charge in [-0.25, -0.2) is 8.42 Å². The van der Waals surface area contributed by atoms with Crippen LogP contribution in [0.3, 0.4) is 0 Å². The Bertz CT molecular complexity index is 680. The van der Waals surface area contributed by atoms with E-state index in [9.17, 15) is 8.42 Å². The van der Waals surface area contributed by atoms with E-state index in [2.05, 4.69) is 27.2 Å². The number of benzene rings is 1. The highest BCUT2D eigenvalue weighted by Gasteiger charge is 2.16. The van der Waals surface area contributed by atoms with E-state index in [1.54, 1.807) is 19.1 Å². The second kappa shape index (κ2) is 6.97. The highest BCUT2D eigenvalue weighted by Crippen LogP contribution is 2.19. The van der Waals surface area contributed by atoms with Gasteiger partial charge in [-0.1, -0.05) is 30.4 Å². The maximum atomic E-state index is 12.2. The molecule has 0 radical (unpaired) electrons. The molecule has 1 aromatic carbocycles. The van der Waals surface area contributed by atoms with Gasteiger partial charge in [0, 0.05) is 6.54 Å². The van der Waals surface area contributed by atoms with Gasteiger partial charge in [0.2, 0.25) is 5.13 Å². The molecule has 2 N–H and O–H groups in total. The zero-order valence-electron chi connectivity index (χ0n) is 12.0. The van der Waals surface area contributed by atoms with Crippen LogP contribution >= 0.6 is 11.3 Å². The van der Waals surface area contributed by atoms with Crippen molar-refractivity contribution in [2.45, 2.75) is 31.7 Å². The van der Waals surface area contributed by atoms with Gasteiger partial charge in [0.05, 0.1) is 4.90 Å². The van der Waals surface area contributed by atoms with Crippen LogP contribution in [0, 0.1) is 6.92 Å². The zero-order chi connectivity index (χ0) is 15.3. The topological polar surface area (TPSA) is 84.0 Å². The van der Waals surface area contributed by atoms with E-state index in [0.29, 0.717) is 5.01 Å². The second-order valence-electron chi connectivity index (χ2n) is 4.55. The lowest BCUT2D eigenvalue weighted by Crippen LogP contribution is -2.15.